The first-order valence-corrected chi connectivity index (χ1v) is 12.5. The van der Waals surface area contributed by atoms with Crippen LogP contribution in [0, 0.1) is 5.92 Å². The minimum atomic E-state index is -0.461. The molecule has 0 saturated carbocycles. The fourth-order valence-corrected chi connectivity index (χ4v) is 3.80. The van der Waals surface area contributed by atoms with Crippen LogP contribution in [0.1, 0.15) is 31.3 Å². The zero-order chi connectivity index (χ0) is 28.5. The zero-order valence-corrected chi connectivity index (χ0v) is 23.3. The number of hydrogen-bond donors (Lipinski definition) is 4. The van der Waals surface area contributed by atoms with Gasteiger partial charge in [0.15, 0.2) is 11.5 Å². The van der Waals surface area contributed by atoms with Gasteiger partial charge in [-0.15, -0.1) is 0 Å². The lowest BCUT2D eigenvalue weighted by atomic mass is 10.1. The van der Waals surface area contributed by atoms with E-state index in [1.54, 1.807) is 61.5 Å². The van der Waals surface area contributed by atoms with Gasteiger partial charge in [-0.1, -0.05) is 38.4 Å². The normalized spacial score (nSPS) is 11.1. The van der Waals surface area contributed by atoms with Crippen LogP contribution in [0.2, 0.25) is 5.02 Å². The number of hydrazine groups is 1. The molecule has 6 N–H and O–H groups in total. The molecule has 0 fully saturated rings. The molecule has 0 radical (unpaired) electrons. The number of fused-ring (bicyclic) bond motifs is 1. The molecule has 39 heavy (non-hydrogen) atoms. The molecule has 4 rings (SSSR count). The van der Waals surface area contributed by atoms with Gasteiger partial charge in [-0.3, -0.25) is 9.78 Å². The third-order valence-electron chi connectivity index (χ3n) is 5.27. The number of carbonyl (C=O) groups is 1. The molecule has 2 heterocycles. The molecular formula is C27H33ClN8O3. The molecule has 12 heteroatoms. The van der Waals surface area contributed by atoms with Crippen molar-refractivity contribution in [3.63, 3.8) is 0 Å². The van der Waals surface area contributed by atoms with Crippen LogP contribution < -0.4 is 31.9 Å². The van der Waals surface area contributed by atoms with E-state index in [1.807, 2.05) is 12.1 Å². The van der Waals surface area contributed by atoms with E-state index in [0.29, 0.717) is 39.0 Å². The predicted octanol–water partition coefficient (Wildman–Crippen LogP) is 3.89. The Bertz CT molecular complexity index is 1440. The molecule has 2 aromatic heterocycles. The largest absolute Gasteiger partial charge is 0.496 e. The van der Waals surface area contributed by atoms with E-state index >= 15 is 0 Å². The monoisotopic (exact) mass is 552 g/mol. The molecule has 0 aliphatic heterocycles. The van der Waals surface area contributed by atoms with Gasteiger partial charge in [0.2, 0.25) is 0 Å². The van der Waals surface area contributed by atoms with E-state index in [9.17, 15) is 4.79 Å². The van der Waals surface area contributed by atoms with E-state index in [-0.39, 0.29) is 18.1 Å². The average Bonchev–Trinajstić information content (AvgIpc) is 3.37. The van der Waals surface area contributed by atoms with Crippen molar-refractivity contribution in [2.45, 2.75) is 20.8 Å². The molecule has 0 aliphatic carbocycles. The number of nitrogens with two attached hydrogens (primary N) is 2. The molecule has 11 nitrogen and oxygen atoms in total. The summed E-state index contributed by atoms with van der Waals surface area (Å²) in [5.41, 5.74) is 5.00. The molecule has 0 saturated heterocycles. The summed E-state index contributed by atoms with van der Waals surface area (Å²) >= 11 is 6.17. The number of nitrogens with one attached hydrogen (secondary N) is 2. The number of amidine groups is 1. The summed E-state index contributed by atoms with van der Waals surface area (Å²) in [7, 11) is 3.12. The van der Waals surface area contributed by atoms with Gasteiger partial charge < -0.3 is 26.1 Å². The number of aromatic nitrogens is 3. The summed E-state index contributed by atoms with van der Waals surface area (Å²) in [4.78, 5) is 17.4. The number of benzene rings is 2. The van der Waals surface area contributed by atoms with Crippen LogP contribution in [0.15, 0.2) is 59.8 Å². The highest BCUT2D eigenvalue weighted by atomic mass is 35.5. The number of halogens is 1. The van der Waals surface area contributed by atoms with Gasteiger partial charge in [0.25, 0.3) is 5.91 Å². The summed E-state index contributed by atoms with van der Waals surface area (Å²) in [5, 5.41) is 12.1. The maximum atomic E-state index is 13.0. The highest BCUT2D eigenvalue weighted by Gasteiger charge is 2.23. The quantitative estimate of drug-likeness (QED) is 0.116. The van der Waals surface area contributed by atoms with Crippen LogP contribution in [0.5, 0.6) is 11.5 Å². The topological polar surface area (TPSA) is 155 Å². The number of hydrazone groups is 1. The Morgan fingerprint density at radius 2 is 1.77 bits per heavy atom. The highest BCUT2D eigenvalue weighted by molar-refractivity contribution is 6.31. The molecule has 0 bridgehead atoms. The van der Waals surface area contributed by atoms with Crippen LogP contribution in [0.4, 0.5) is 0 Å². The lowest BCUT2D eigenvalue weighted by Crippen LogP contribution is -2.41. The number of methoxy groups -OCH3 is 2. The zero-order valence-electron chi connectivity index (χ0n) is 22.5. The second kappa shape index (κ2) is 13.4. The smallest absolute Gasteiger partial charge is 0.272 e. The number of nitrogens with zero attached hydrogens (tertiary/aromatic N) is 4. The molecule has 0 atom stereocenters. The maximum Gasteiger partial charge on any atom is 0.272 e. The minimum Gasteiger partial charge on any atom is -0.496 e. The van der Waals surface area contributed by atoms with E-state index in [1.165, 1.54) is 0 Å². The van der Waals surface area contributed by atoms with Gasteiger partial charge in [0.05, 0.1) is 43.2 Å². The fraction of sp³-hybridized carbons (Fsp3) is 0.259. The summed E-state index contributed by atoms with van der Waals surface area (Å²) < 4.78 is 12.9. The molecule has 4 aromatic rings. The minimum absolute atomic E-state index is 0.0112. The van der Waals surface area contributed by atoms with Gasteiger partial charge in [-0.05, 0) is 48.4 Å². The van der Waals surface area contributed by atoms with Crippen molar-refractivity contribution in [3.05, 3.63) is 65.4 Å². The Kier molecular flexibility index (Phi) is 10.1. The molecule has 2 aromatic carbocycles. The third kappa shape index (κ3) is 6.95. The van der Waals surface area contributed by atoms with Gasteiger partial charge in [0, 0.05) is 16.6 Å². The molecule has 206 valence electrons. The van der Waals surface area contributed by atoms with Crippen molar-refractivity contribution < 1.29 is 14.3 Å². The van der Waals surface area contributed by atoms with E-state index in [2.05, 4.69) is 46.7 Å². The van der Waals surface area contributed by atoms with Crippen molar-refractivity contribution in [1.82, 2.24) is 25.5 Å². The average molecular weight is 553 g/mol. The van der Waals surface area contributed by atoms with Crippen molar-refractivity contribution >= 4 is 34.2 Å². The Morgan fingerprint density at radius 1 is 1.10 bits per heavy atom. The second-order valence-corrected chi connectivity index (χ2v) is 9.43. The highest BCUT2D eigenvalue weighted by Crippen LogP contribution is 2.40. The Labute approximate surface area is 232 Å². The maximum absolute atomic E-state index is 13.0. The lowest BCUT2D eigenvalue weighted by Gasteiger charge is -2.15. The van der Waals surface area contributed by atoms with Gasteiger partial charge in [0.1, 0.15) is 11.5 Å². The van der Waals surface area contributed by atoms with Gasteiger partial charge in [-0.25, -0.2) is 10.5 Å². The first-order valence-electron chi connectivity index (χ1n) is 12.1. The van der Waals surface area contributed by atoms with Crippen molar-refractivity contribution in [2.24, 2.45) is 22.7 Å². The predicted molar refractivity (Wildman–Crippen MR) is 154 cm³/mol. The van der Waals surface area contributed by atoms with Crippen LogP contribution >= 0.6 is 11.6 Å². The number of amides is 1. The van der Waals surface area contributed by atoms with Crippen LogP contribution in [0.3, 0.4) is 0 Å². The Hall–Kier alpha value is -4.35. The summed E-state index contributed by atoms with van der Waals surface area (Å²) in [6.07, 6.45) is 1.65. The number of rotatable bonds is 7. The number of pyridine rings is 1. The molecule has 0 unspecified atom stereocenters. The SMILES string of the molecule is CC(C)C.COc1cccc(OC)c1-c1cc(C(=O)NC/C(=N/N)NN)nn1-c1ccnc2cc(Cl)ccc12. The van der Waals surface area contributed by atoms with Gasteiger partial charge >= 0.3 is 0 Å². The van der Waals surface area contributed by atoms with Crippen molar-refractivity contribution in [3.8, 4) is 28.4 Å². The Morgan fingerprint density at radius 3 is 2.36 bits per heavy atom. The van der Waals surface area contributed by atoms with Crippen LogP contribution in [0.25, 0.3) is 27.8 Å². The van der Waals surface area contributed by atoms with Crippen molar-refractivity contribution in [1.29, 1.82) is 0 Å². The van der Waals surface area contributed by atoms with Crippen LogP contribution in [-0.2, 0) is 0 Å². The molecular weight excluding hydrogens is 520 g/mol. The Balaban J connectivity index is 0.000000983. The second-order valence-electron chi connectivity index (χ2n) is 8.99. The first-order chi connectivity index (χ1) is 18.7. The summed E-state index contributed by atoms with van der Waals surface area (Å²) in [6, 6.07) is 14.2. The van der Waals surface area contributed by atoms with E-state index in [4.69, 9.17) is 32.8 Å². The van der Waals surface area contributed by atoms with Crippen molar-refractivity contribution in [2.75, 3.05) is 20.8 Å². The van der Waals surface area contributed by atoms with E-state index < -0.39 is 5.91 Å². The summed E-state index contributed by atoms with van der Waals surface area (Å²) in [5.74, 6) is 12.2. The first kappa shape index (κ1) is 29.2. The van der Waals surface area contributed by atoms with E-state index in [0.717, 1.165) is 11.3 Å². The standard InChI is InChI=1S/C23H23ClN8O3.C4H10/c1-34-19-4-3-5-20(35-2)22(19)18-11-16(23(33)28-12-21(29-25)30-26)31-32(18)17-8-9-27-15-10-13(24)6-7-14(15)17;1-4(2)3/h3-11H,12,25-26H2,1-2H3,(H,28,33)(H,29,30);4H,1-3H3. The number of carbonyl (C=O) groups excluding carboxylic acids is 1. The number of ether oxygens (including phenoxy) is 2. The van der Waals surface area contributed by atoms with Crippen LogP contribution in [-0.4, -0.2) is 47.3 Å². The molecule has 0 spiro atoms. The third-order valence-corrected chi connectivity index (χ3v) is 5.51. The summed E-state index contributed by atoms with van der Waals surface area (Å²) in [6.45, 7) is 6.49. The number of hydrogen-bond acceptors (Lipinski definition) is 8. The lowest BCUT2D eigenvalue weighted by molar-refractivity contribution is 0.0953. The molecule has 0 aliphatic rings. The van der Waals surface area contributed by atoms with Gasteiger partial charge in [-0.2, -0.15) is 10.2 Å². The fourth-order valence-electron chi connectivity index (χ4n) is 3.64. The molecule has 1 amide bonds.